The first-order valence-corrected chi connectivity index (χ1v) is 6.74. The minimum atomic E-state index is -1.06. The van der Waals surface area contributed by atoms with Crippen molar-refractivity contribution in [3.8, 4) is 5.75 Å². The molecule has 0 saturated heterocycles. The molecule has 0 bridgehead atoms. The molecule has 94 valence electrons. The lowest BCUT2D eigenvalue weighted by atomic mass is 10.2. The summed E-state index contributed by atoms with van der Waals surface area (Å²) in [5, 5.41) is 0. The fraction of sp³-hybridized carbons (Fsp3) is 0. The summed E-state index contributed by atoms with van der Waals surface area (Å²) in [6.07, 6.45) is 1.98. The molecule has 0 aliphatic rings. The van der Waals surface area contributed by atoms with Crippen LogP contribution in [0, 0.1) is 0 Å². The van der Waals surface area contributed by atoms with Crippen LogP contribution in [0.25, 0.3) is 6.08 Å². The lowest BCUT2D eigenvalue weighted by molar-refractivity contribution is 0.622. The highest BCUT2D eigenvalue weighted by Crippen LogP contribution is 2.31. The molecule has 2 N–H and O–H groups in total. The fourth-order valence-electron chi connectivity index (χ4n) is 1.36. The second-order valence-electron chi connectivity index (χ2n) is 3.49. The van der Waals surface area contributed by atoms with E-state index in [0.717, 1.165) is 11.3 Å². The van der Waals surface area contributed by atoms with Crippen LogP contribution < -0.4 is 10.0 Å². The minimum Gasteiger partial charge on any atom is -0.455 e. The summed E-state index contributed by atoms with van der Waals surface area (Å²) in [6, 6.07) is 19.7. The van der Waals surface area contributed by atoms with Gasteiger partial charge in [0.15, 0.2) is 8.30 Å². The smallest absolute Gasteiger partial charge is 0.183 e. The van der Waals surface area contributed by atoms with Crippen molar-refractivity contribution < 1.29 is 4.52 Å². The summed E-state index contributed by atoms with van der Waals surface area (Å²) in [7, 11) is -1.06. The largest absolute Gasteiger partial charge is 0.455 e. The third-order valence-electron chi connectivity index (χ3n) is 2.17. The molecule has 0 aliphatic heterocycles. The van der Waals surface area contributed by atoms with Gasteiger partial charge in [-0.15, -0.1) is 17.0 Å². The lowest BCUT2D eigenvalue weighted by Gasteiger charge is -2.08. The SMILES string of the molecule is Br.NP(C=Cc1ccccc1)Oc1ccccc1. The Bertz CT molecular complexity index is 476. The van der Waals surface area contributed by atoms with Crippen molar-refractivity contribution >= 4 is 31.4 Å². The first kappa shape index (κ1) is 14.9. The zero-order chi connectivity index (χ0) is 11.9. The zero-order valence-corrected chi connectivity index (χ0v) is 12.4. The lowest BCUT2D eigenvalue weighted by Crippen LogP contribution is -1.93. The maximum Gasteiger partial charge on any atom is 0.183 e. The molecule has 0 saturated carbocycles. The van der Waals surface area contributed by atoms with E-state index in [2.05, 4.69) is 0 Å². The van der Waals surface area contributed by atoms with Gasteiger partial charge in [0.2, 0.25) is 0 Å². The molecule has 2 nitrogen and oxygen atoms in total. The molecule has 2 rings (SSSR count). The predicted molar refractivity (Wildman–Crippen MR) is 84.0 cm³/mol. The highest BCUT2D eigenvalue weighted by molar-refractivity contribution is 8.93. The van der Waals surface area contributed by atoms with E-state index in [1.54, 1.807) is 0 Å². The van der Waals surface area contributed by atoms with Gasteiger partial charge in [0.25, 0.3) is 0 Å². The second-order valence-corrected chi connectivity index (χ2v) is 4.69. The third kappa shape index (κ3) is 5.01. The van der Waals surface area contributed by atoms with Crippen LogP contribution in [0.1, 0.15) is 5.56 Å². The zero-order valence-electron chi connectivity index (χ0n) is 9.77. The summed E-state index contributed by atoms with van der Waals surface area (Å²) < 4.78 is 5.59. The maximum atomic E-state index is 5.91. The van der Waals surface area contributed by atoms with Gasteiger partial charge in [0.05, 0.1) is 0 Å². The van der Waals surface area contributed by atoms with Gasteiger partial charge in [-0.1, -0.05) is 48.5 Å². The number of hydrogen-bond donors (Lipinski definition) is 1. The molecule has 0 amide bonds. The molecule has 0 heterocycles. The number of halogens is 1. The van der Waals surface area contributed by atoms with Crippen molar-refractivity contribution in [2.24, 2.45) is 5.50 Å². The van der Waals surface area contributed by atoms with Crippen LogP contribution >= 0.6 is 25.3 Å². The molecule has 0 fully saturated rings. The Morgan fingerprint density at radius 3 is 2.06 bits per heavy atom. The Morgan fingerprint density at radius 2 is 1.44 bits per heavy atom. The van der Waals surface area contributed by atoms with Crippen molar-refractivity contribution in [1.82, 2.24) is 0 Å². The Morgan fingerprint density at radius 1 is 0.889 bits per heavy atom. The van der Waals surface area contributed by atoms with Crippen LogP contribution in [0.15, 0.2) is 66.5 Å². The third-order valence-corrected chi connectivity index (χ3v) is 3.03. The first-order valence-electron chi connectivity index (χ1n) is 5.35. The van der Waals surface area contributed by atoms with Gasteiger partial charge in [0.1, 0.15) is 5.75 Å². The average Bonchev–Trinajstić information content (AvgIpc) is 2.39. The molecular weight excluding hydrogens is 309 g/mol. The van der Waals surface area contributed by atoms with E-state index in [0.29, 0.717) is 0 Å². The summed E-state index contributed by atoms with van der Waals surface area (Å²) in [5.74, 6) is 2.70. The van der Waals surface area contributed by atoms with Crippen LogP contribution in [0.4, 0.5) is 0 Å². The van der Waals surface area contributed by atoms with Crippen LogP contribution in [0.2, 0.25) is 0 Å². The van der Waals surface area contributed by atoms with E-state index < -0.39 is 8.30 Å². The monoisotopic (exact) mass is 323 g/mol. The molecule has 0 radical (unpaired) electrons. The topological polar surface area (TPSA) is 35.2 Å². The molecule has 4 heteroatoms. The van der Waals surface area contributed by atoms with Gasteiger partial charge in [0, 0.05) is 0 Å². The number of hydrogen-bond acceptors (Lipinski definition) is 2. The summed E-state index contributed by atoms with van der Waals surface area (Å²) in [6.45, 7) is 0. The average molecular weight is 324 g/mol. The maximum absolute atomic E-state index is 5.91. The minimum absolute atomic E-state index is 0. The van der Waals surface area contributed by atoms with Gasteiger partial charge in [-0.2, -0.15) is 0 Å². The van der Waals surface area contributed by atoms with E-state index in [1.807, 2.05) is 72.6 Å². The molecule has 0 aromatic heterocycles. The Balaban J connectivity index is 0.00000162. The summed E-state index contributed by atoms with van der Waals surface area (Å²) in [4.78, 5) is 0. The molecule has 1 atom stereocenters. The number of nitrogens with two attached hydrogens (primary N) is 1. The van der Waals surface area contributed by atoms with Crippen molar-refractivity contribution in [2.75, 3.05) is 0 Å². The quantitative estimate of drug-likeness (QED) is 0.835. The molecule has 2 aromatic rings. The van der Waals surface area contributed by atoms with E-state index >= 15 is 0 Å². The van der Waals surface area contributed by atoms with E-state index in [4.69, 9.17) is 10.0 Å². The van der Waals surface area contributed by atoms with E-state index in [9.17, 15) is 0 Å². The van der Waals surface area contributed by atoms with Crippen molar-refractivity contribution in [3.63, 3.8) is 0 Å². The van der Waals surface area contributed by atoms with Gasteiger partial charge >= 0.3 is 0 Å². The molecule has 18 heavy (non-hydrogen) atoms. The van der Waals surface area contributed by atoms with E-state index in [1.165, 1.54) is 0 Å². The highest BCUT2D eigenvalue weighted by Gasteiger charge is 1.99. The van der Waals surface area contributed by atoms with Gasteiger partial charge < -0.3 is 4.52 Å². The summed E-state index contributed by atoms with van der Waals surface area (Å²) in [5.41, 5.74) is 7.04. The predicted octanol–water partition coefficient (Wildman–Crippen LogP) is 4.58. The number of para-hydroxylation sites is 1. The second kappa shape index (κ2) is 8.04. The van der Waals surface area contributed by atoms with Crippen LogP contribution in [-0.4, -0.2) is 0 Å². The molecule has 2 aromatic carbocycles. The van der Waals surface area contributed by atoms with Crippen molar-refractivity contribution in [2.45, 2.75) is 0 Å². The van der Waals surface area contributed by atoms with Crippen LogP contribution in [0.5, 0.6) is 5.75 Å². The molecule has 0 aliphatic carbocycles. The Kier molecular flexibility index (Phi) is 6.66. The normalized spacial score (nSPS) is 11.8. The number of rotatable bonds is 4. The van der Waals surface area contributed by atoms with Crippen LogP contribution in [0.3, 0.4) is 0 Å². The van der Waals surface area contributed by atoms with Crippen molar-refractivity contribution in [1.29, 1.82) is 0 Å². The number of benzene rings is 2. The van der Waals surface area contributed by atoms with Gasteiger partial charge in [-0.3, -0.25) is 5.50 Å². The van der Waals surface area contributed by atoms with Crippen LogP contribution in [-0.2, 0) is 0 Å². The van der Waals surface area contributed by atoms with Gasteiger partial charge in [-0.25, -0.2) is 0 Å². The molecular formula is C14H15BrNOP. The Hall–Kier alpha value is -1.15. The molecule has 1 unspecified atom stereocenters. The summed E-state index contributed by atoms with van der Waals surface area (Å²) >= 11 is 0. The molecule has 0 spiro atoms. The Labute approximate surface area is 119 Å². The van der Waals surface area contributed by atoms with Crippen molar-refractivity contribution in [3.05, 3.63) is 72.0 Å². The van der Waals surface area contributed by atoms with E-state index in [-0.39, 0.29) is 17.0 Å². The highest BCUT2D eigenvalue weighted by atomic mass is 79.9. The fourth-order valence-corrected chi connectivity index (χ4v) is 2.10. The standard InChI is InChI=1S/C14H14NOP.BrH/c15-17(16-14-9-5-2-6-10-14)12-11-13-7-3-1-4-8-13;/h1-12H,15H2;1H. The van der Waals surface area contributed by atoms with Gasteiger partial charge in [-0.05, 0) is 29.6 Å². The first-order chi connectivity index (χ1) is 8.34.